The van der Waals surface area contributed by atoms with E-state index in [1.54, 1.807) is 0 Å². The Bertz CT molecular complexity index is 963. The van der Waals surface area contributed by atoms with Crippen LogP contribution in [0.15, 0.2) is 42.5 Å². The van der Waals surface area contributed by atoms with Crippen LogP contribution >= 0.6 is 11.6 Å². The van der Waals surface area contributed by atoms with Crippen LogP contribution in [0.25, 0.3) is 11.0 Å². The van der Waals surface area contributed by atoms with Crippen molar-refractivity contribution in [3.8, 4) is 0 Å². The number of carbonyl (C=O) groups is 1. The third-order valence-electron chi connectivity index (χ3n) is 4.96. The smallest absolute Gasteiger partial charge is 0.227 e. The van der Waals surface area contributed by atoms with E-state index in [0.717, 1.165) is 34.7 Å². The highest BCUT2D eigenvalue weighted by atomic mass is 35.5. The number of fused-ring (bicyclic) bond motifs is 1. The fourth-order valence-electron chi connectivity index (χ4n) is 3.62. The Hall–Kier alpha value is -2.33. The molecule has 3 aromatic rings. The Morgan fingerprint density at radius 2 is 2.04 bits per heavy atom. The molecule has 0 N–H and O–H groups in total. The number of para-hydroxylation sites is 2. The molecule has 2 heterocycles. The van der Waals surface area contributed by atoms with Gasteiger partial charge in [0.1, 0.15) is 5.82 Å². The first-order chi connectivity index (χ1) is 12.1. The van der Waals surface area contributed by atoms with Gasteiger partial charge in [0, 0.05) is 36.1 Å². The van der Waals surface area contributed by atoms with Crippen LogP contribution in [-0.2, 0) is 11.3 Å². The largest absolute Gasteiger partial charge is 0.328 e. The van der Waals surface area contributed by atoms with Gasteiger partial charge in [-0.3, -0.25) is 4.79 Å². The van der Waals surface area contributed by atoms with Crippen molar-refractivity contribution in [2.75, 3.05) is 11.4 Å². The molecule has 0 aliphatic carbocycles. The van der Waals surface area contributed by atoms with Crippen molar-refractivity contribution in [1.29, 1.82) is 0 Å². The van der Waals surface area contributed by atoms with Crippen LogP contribution in [0.5, 0.6) is 0 Å². The van der Waals surface area contributed by atoms with Gasteiger partial charge in [-0.2, -0.15) is 0 Å². The van der Waals surface area contributed by atoms with Crippen molar-refractivity contribution < 1.29 is 4.79 Å². The maximum absolute atomic E-state index is 12.6. The number of amides is 1. The zero-order valence-electron chi connectivity index (χ0n) is 14.4. The predicted octanol–water partition coefficient (Wildman–Crippen LogP) is 4.54. The lowest BCUT2D eigenvalue weighted by Gasteiger charge is -2.18. The highest BCUT2D eigenvalue weighted by Gasteiger charge is 2.34. The molecule has 0 unspecified atom stereocenters. The highest BCUT2D eigenvalue weighted by molar-refractivity contribution is 6.31. The Balaban J connectivity index is 1.69. The predicted molar refractivity (Wildman–Crippen MR) is 101 cm³/mol. The number of aromatic nitrogens is 2. The number of carbonyl (C=O) groups excluding carboxylic acids is 1. The van der Waals surface area contributed by atoms with Crippen molar-refractivity contribution in [1.82, 2.24) is 9.55 Å². The number of imidazole rings is 1. The molecule has 1 fully saturated rings. The first-order valence-corrected chi connectivity index (χ1v) is 8.98. The van der Waals surface area contributed by atoms with Gasteiger partial charge in [-0.25, -0.2) is 4.98 Å². The van der Waals surface area contributed by atoms with Crippen molar-refractivity contribution in [3.63, 3.8) is 0 Å². The second-order valence-electron chi connectivity index (χ2n) is 6.54. The van der Waals surface area contributed by atoms with Gasteiger partial charge in [-0.15, -0.1) is 0 Å². The molecule has 0 bridgehead atoms. The Labute approximate surface area is 152 Å². The molecule has 2 aromatic carbocycles. The van der Waals surface area contributed by atoms with Gasteiger partial charge in [0.05, 0.1) is 11.0 Å². The summed E-state index contributed by atoms with van der Waals surface area (Å²) in [6.45, 7) is 5.56. The number of nitrogens with zero attached hydrogens (tertiary/aromatic N) is 3. The normalized spacial score (nSPS) is 17.6. The number of hydrogen-bond donors (Lipinski definition) is 0. The van der Waals surface area contributed by atoms with Crippen molar-refractivity contribution in [2.45, 2.75) is 32.7 Å². The fraction of sp³-hybridized carbons (Fsp3) is 0.300. The van der Waals surface area contributed by atoms with Crippen LogP contribution < -0.4 is 4.90 Å². The molecule has 0 spiro atoms. The molecule has 1 aromatic heterocycles. The number of halogens is 1. The first kappa shape index (κ1) is 16.2. The molecular formula is C20H20ClN3O. The summed E-state index contributed by atoms with van der Waals surface area (Å²) in [5.74, 6) is 1.22. The van der Waals surface area contributed by atoms with Crippen molar-refractivity contribution in [3.05, 3.63) is 58.9 Å². The summed E-state index contributed by atoms with van der Waals surface area (Å²) >= 11 is 6.24. The number of rotatable bonds is 3. The van der Waals surface area contributed by atoms with Gasteiger partial charge in [-0.05, 0) is 43.7 Å². The van der Waals surface area contributed by atoms with Crippen LogP contribution in [0, 0.1) is 6.92 Å². The summed E-state index contributed by atoms with van der Waals surface area (Å²) in [5.41, 5.74) is 4.00. The van der Waals surface area contributed by atoms with Crippen molar-refractivity contribution in [2.24, 2.45) is 0 Å². The lowest BCUT2D eigenvalue weighted by Crippen LogP contribution is -2.24. The second-order valence-corrected chi connectivity index (χ2v) is 6.95. The maximum Gasteiger partial charge on any atom is 0.227 e. The highest BCUT2D eigenvalue weighted by Crippen LogP contribution is 2.34. The lowest BCUT2D eigenvalue weighted by atomic mass is 10.1. The number of hydrogen-bond acceptors (Lipinski definition) is 2. The van der Waals surface area contributed by atoms with Gasteiger partial charge >= 0.3 is 0 Å². The molecule has 1 amide bonds. The molecule has 25 heavy (non-hydrogen) atoms. The number of benzene rings is 2. The Morgan fingerprint density at radius 1 is 1.24 bits per heavy atom. The van der Waals surface area contributed by atoms with E-state index in [4.69, 9.17) is 16.6 Å². The molecule has 4 nitrogen and oxygen atoms in total. The van der Waals surface area contributed by atoms with E-state index in [0.29, 0.717) is 18.0 Å². The van der Waals surface area contributed by atoms with Gasteiger partial charge < -0.3 is 9.47 Å². The van der Waals surface area contributed by atoms with Gasteiger partial charge in [0.25, 0.3) is 0 Å². The van der Waals surface area contributed by atoms with E-state index < -0.39 is 0 Å². The van der Waals surface area contributed by atoms with Crippen LogP contribution in [0.3, 0.4) is 0 Å². The molecule has 128 valence electrons. The molecule has 1 aliphatic heterocycles. The summed E-state index contributed by atoms with van der Waals surface area (Å²) in [6.07, 6.45) is 0.481. The minimum Gasteiger partial charge on any atom is -0.328 e. The van der Waals surface area contributed by atoms with Gasteiger partial charge in [0.2, 0.25) is 5.91 Å². The second kappa shape index (κ2) is 6.19. The zero-order valence-corrected chi connectivity index (χ0v) is 15.1. The van der Waals surface area contributed by atoms with Crippen LogP contribution in [0.1, 0.15) is 30.7 Å². The quantitative estimate of drug-likeness (QED) is 0.693. The van der Waals surface area contributed by atoms with Crippen LogP contribution in [0.4, 0.5) is 5.69 Å². The van der Waals surface area contributed by atoms with E-state index in [2.05, 4.69) is 17.6 Å². The topological polar surface area (TPSA) is 38.1 Å². The molecule has 0 radical (unpaired) electrons. The van der Waals surface area contributed by atoms with E-state index in [1.165, 1.54) is 0 Å². The van der Waals surface area contributed by atoms with Crippen LogP contribution in [0.2, 0.25) is 5.02 Å². The maximum atomic E-state index is 12.6. The summed E-state index contributed by atoms with van der Waals surface area (Å²) in [5, 5.41) is 0.689. The molecule has 1 atom stereocenters. The summed E-state index contributed by atoms with van der Waals surface area (Å²) in [7, 11) is 0. The summed E-state index contributed by atoms with van der Waals surface area (Å²) in [4.78, 5) is 19.3. The summed E-state index contributed by atoms with van der Waals surface area (Å²) in [6, 6.07) is 13.9. The molecule has 5 heteroatoms. The molecular weight excluding hydrogens is 334 g/mol. The van der Waals surface area contributed by atoms with E-state index in [-0.39, 0.29) is 11.8 Å². The average Bonchev–Trinajstić information content (AvgIpc) is 3.17. The molecule has 1 saturated heterocycles. The van der Waals surface area contributed by atoms with Crippen molar-refractivity contribution >= 4 is 34.2 Å². The van der Waals surface area contributed by atoms with Gasteiger partial charge in [-0.1, -0.05) is 29.8 Å². The zero-order chi connectivity index (χ0) is 17.6. The van der Waals surface area contributed by atoms with E-state index in [9.17, 15) is 4.79 Å². The number of anilines is 1. The van der Waals surface area contributed by atoms with E-state index >= 15 is 0 Å². The van der Waals surface area contributed by atoms with E-state index in [1.807, 2.05) is 48.2 Å². The summed E-state index contributed by atoms with van der Waals surface area (Å²) < 4.78 is 2.22. The van der Waals surface area contributed by atoms with Gasteiger partial charge in [0.15, 0.2) is 0 Å². The minimum atomic E-state index is 0.0972. The SMILES string of the molecule is CCn1c([C@@H]2CC(=O)N(c3ccc(C)c(Cl)c3)C2)nc2ccccc21. The van der Waals surface area contributed by atoms with Crippen LogP contribution in [-0.4, -0.2) is 22.0 Å². The Morgan fingerprint density at radius 3 is 2.80 bits per heavy atom. The molecule has 4 rings (SSSR count). The lowest BCUT2D eigenvalue weighted by molar-refractivity contribution is -0.117. The average molecular weight is 354 g/mol. The minimum absolute atomic E-state index is 0.0972. The number of aryl methyl sites for hydroxylation is 2. The first-order valence-electron chi connectivity index (χ1n) is 8.60. The standard InChI is InChI=1S/C20H20ClN3O/c1-3-23-18-7-5-4-6-17(18)22-20(23)14-10-19(25)24(12-14)15-9-8-13(2)16(21)11-15/h4-9,11,14H,3,10,12H2,1-2H3/t14-/m1/s1. The Kier molecular flexibility index (Phi) is 4.00. The molecule has 0 saturated carbocycles. The molecule has 1 aliphatic rings. The monoisotopic (exact) mass is 353 g/mol. The fourth-order valence-corrected chi connectivity index (χ4v) is 3.79. The third kappa shape index (κ3) is 2.71. The third-order valence-corrected chi connectivity index (χ3v) is 5.36.